The van der Waals surface area contributed by atoms with Crippen molar-refractivity contribution >= 4 is 13.9 Å². The Hall–Kier alpha value is -1.47. The van der Waals surface area contributed by atoms with E-state index in [9.17, 15) is 14.3 Å². The summed E-state index contributed by atoms with van der Waals surface area (Å²) in [6.07, 6.45) is 17.3. The molecule has 0 aliphatic heterocycles. The molecule has 0 radical (unpaired) electrons. The lowest BCUT2D eigenvalue weighted by atomic mass is 10.1. The van der Waals surface area contributed by atoms with Gasteiger partial charge < -0.3 is 24.0 Å². The highest BCUT2D eigenvalue weighted by molar-refractivity contribution is 7.45. The quantitative estimate of drug-likeness (QED) is 0.151. The molecule has 8 nitrogen and oxygen atoms in total. The molecule has 1 amide bonds. The Labute approximate surface area is 199 Å². The van der Waals surface area contributed by atoms with Crippen molar-refractivity contribution in [1.82, 2.24) is 5.32 Å². The minimum Gasteiger partial charge on any atom is -0.756 e. The molecule has 0 spiro atoms. The normalized spacial score (nSPS) is 12.9. The summed E-state index contributed by atoms with van der Waals surface area (Å²) in [5, 5.41) is 2.72. The minimum absolute atomic E-state index is 0.00654. The summed E-state index contributed by atoms with van der Waals surface area (Å²) in [7, 11) is -4.36. The van der Waals surface area contributed by atoms with Crippen molar-refractivity contribution < 1.29 is 32.6 Å². The van der Waals surface area contributed by atoms with E-state index < -0.39 is 13.9 Å². The smallest absolute Gasteiger partial charge is 0.407 e. The maximum absolute atomic E-state index is 11.7. The van der Waals surface area contributed by atoms with Gasteiger partial charge >= 0.3 is 6.09 Å². The van der Waals surface area contributed by atoms with Gasteiger partial charge in [-0.15, -0.1) is 0 Å². The van der Waals surface area contributed by atoms with Crippen LogP contribution in [0.3, 0.4) is 0 Å². The molecular formula is C24H43N2O6P. The topological polar surface area (TPSA) is 101 Å². The Morgan fingerprint density at radius 3 is 2.03 bits per heavy atom. The third-order valence-electron chi connectivity index (χ3n) is 5.20. The number of hydrogen-bond acceptors (Lipinski definition) is 6. The summed E-state index contributed by atoms with van der Waals surface area (Å²) in [5.74, 6) is 0. The van der Waals surface area contributed by atoms with E-state index in [0.717, 1.165) is 12.8 Å². The summed E-state index contributed by atoms with van der Waals surface area (Å²) in [5.41, 5.74) is 0. The van der Waals surface area contributed by atoms with Crippen LogP contribution in [-0.4, -0.2) is 32.5 Å². The molecule has 0 saturated carbocycles. The number of nitrogens with one attached hydrogen (secondary N) is 1. The van der Waals surface area contributed by atoms with Gasteiger partial charge in [0, 0.05) is 25.1 Å². The molecule has 1 aromatic heterocycles. The number of unbranched alkanes of at least 4 members (excludes halogenated alkanes) is 10. The number of phosphoric acid groups is 1. The average Bonchev–Trinajstić information content (AvgIpc) is 2.80. The van der Waals surface area contributed by atoms with Crippen molar-refractivity contribution in [3.8, 4) is 0 Å². The Bertz CT molecular complexity index is 647. The van der Waals surface area contributed by atoms with Crippen LogP contribution < -0.4 is 14.8 Å². The minimum atomic E-state index is -4.36. The third kappa shape index (κ3) is 18.6. The highest BCUT2D eigenvalue weighted by Crippen LogP contribution is 2.37. The number of rotatable bonds is 21. The van der Waals surface area contributed by atoms with Crippen LogP contribution in [0.25, 0.3) is 0 Å². The Kier molecular flexibility index (Phi) is 17.9. The van der Waals surface area contributed by atoms with E-state index in [-0.39, 0.29) is 26.2 Å². The Morgan fingerprint density at radius 2 is 1.39 bits per heavy atom. The highest BCUT2D eigenvalue weighted by Gasteiger charge is 2.11. The fourth-order valence-corrected chi connectivity index (χ4v) is 4.04. The van der Waals surface area contributed by atoms with Gasteiger partial charge in [-0.25, -0.2) is 9.36 Å². The first-order valence-corrected chi connectivity index (χ1v) is 13.9. The lowest BCUT2D eigenvalue weighted by Gasteiger charge is -2.21. The van der Waals surface area contributed by atoms with E-state index >= 15 is 0 Å². The molecule has 0 aliphatic rings. The van der Waals surface area contributed by atoms with E-state index in [1.165, 1.54) is 57.8 Å². The zero-order valence-corrected chi connectivity index (χ0v) is 21.1. The number of nitrogens with zero attached hydrogens (tertiary/aromatic N) is 1. The molecular weight excluding hydrogens is 443 g/mol. The molecule has 0 aromatic carbocycles. The van der Waals surface area contributed by atoms with E-state index in [1.807, 2.05) is 35.2 Å². The number of hydrogen-bond donors (Lipinski definition) is 1. The van der Waals surface area contributed by atoms with Gasteiger partial charge in [0.05, 0.1) is 13.2 Å². The number of carbonyl (C=O) groups is 1. The second kappa shape index (κ2) is 20.0. The van der Waals surface area contributed by atoms with Gasteiger partial charge in [0.15, 0.2) is 18.9 Å². The largest absolute Gasteiger partial charge is 0.756 e. The van der Waals surface area contributed by atoms with Gasteiger partial charge in [-0.3, -0.25) is 4.57 Å². The van der Waals surface area contributed by atoms with Gasteiger partial charge in [-0.05, 0) is 6.42 Å². The van der Waals surface area contributed by atoms with Crippen LogP contribution >= 0.6 is 7.82 Å². The summed E-state index contributed by atoms with van der Waals surface area (Å²) in [6, 6.07) is 5.57. The summed E-state index contributed by atoms with van der Waals surface area (Å²) < 4.78 is 28.2. The van der Waals surface area contributed by atoms with Gasteiger partial charge in [-0.1, -0.05) is 77.2 Å². The lowest BCUT2D eigenvalue weighted by Crippen LogP contribution is -2.34. The molecule has 0 fully saturated rings. The molecule has 0 aliphatic carbocycles. The van der Waals surface area contributed by atoms with Gasteiger partial charge in [0.2, 0.25) is 0 Å². The van der Waals surface area contributed by atoms with Crippen molar-refractivity contribution in [3.05, 3.63) is 30.6 Å². The van der Waals surface area contributed by atoms with Crippen LogP contribution in [0.4, 0.5) is 4.79 Å². The molecule has 1 heterocycles. The molecule has 1 N–H and O–H groups in total. The maximum atomic E-state index is 11.7. The molecule has 0 bridgehead atoms. The van der Waals surface area contributed by atoms with Gasteiger partial charge in [0.25, 0.3) is 7.82 Å². The molecule has 1 unspecified atom stereocenters. The third-order valence-corrected chi connectivity index (χ3v) is 6.19. The lowest BCUT2D eigenvalue weighted by molar-refractivity contribution is -0.697. The molecule has 190 valence electrons. The van der Waals surface area contributed by atoms with Crippen LogP contribution in [0.5, 0.6) is 0 Å². The van der Waals surface area contributed by atoms with Crippen molar-refractivity contribution in [2.75, 3.05) is 26.4 Å². The average molecular weight is 487 g/mol. The van der Waals surface area contributed by atoms with E-state index in [2.05, 4.69) is 12.2 Å². The van der Waals surface area contributed by atoms with Crippen molar-refractivity contribution in [1.29, 1.82) is 0 Å². The zero-order valence-electron chi connectivity index (χ0n) is 20.3. The SMILES string of the molecule is CCCCCCCCCCCCCNC(=O)OCCCOP(=O)([O-])OCC[n+]1ccccc1. The standard InChI is InChI=1S/C24H43N2O6P/c1-2-3-4-5-6-7-8-9-10-11-13-17-25-24(27)30-21-16-22-31-33(28,29)32-23-20-26-18-14-12-15-19-26/h12,14-15,18-19H,2-11,13,16-17,20-23H2,1H3,(H-,25,27,28,29). The number of alkyl carbamates (subject to hydrolysis) is 1. The summed E-state index contributed by atoms with van der Waals surface area (Å²) >= 11 is 0. The van der Waals surface area contributed by atoms with Crippen LogP contribution in [0, 0.1) is 0 Å². The maximum Gasteiger partial charge on any atom is 0.407 e. The number of pyridine rings is 1. The van der Waals surface area contributed by atoms with E-state index in [1.54, 1.807) is 0 Å². The first-order chi connectivity index (χ1) is 16.0. The fraction of sp³-hybridized carbons (Fsp3) is 0.750. The molecule has 9 heteroatoms. The molecule has 1 rings (SSSR count). The second-order valence-electron chi connectivity index (χ2n) is 8.18. The first kappa shape index (κ1) is 29.6. The van der Waals surface area contributed by atoms with Crippen molar-refractivity contribution in [2.45, 2.75) is 90.5 Å². The number of carbonyl (C=O) groups excluding carboxylic acids is 1. The fourth-order valence-electron chi connectivity index (χ4n) is 3.31. The first-order valence-electron chi connectivity index (χ1n) is 12.5. The van der Waals surface area contributed by atoms with Gasteiger partial charge in [0.1, 0.15) is 6.61 Å². The van der Waals surface area contributed by atoms with Crippen molar-refractivity contribution in [2.24, 2.45) is 0 Å². The van der Waals surface area contributed by atoms with Crippen LogP contribution in [-0.2, 0) is 24.9 Å². The summed E-state index contributed by atoms with van der Waals surface area (Å²) in [6.45, 7) is 3.22. The van der Waals surface area contributed by atoms with Crippen LogP contribution in [0.1, 0.15) is 84.0 Å². The van der Waals surface area contributed by atoms with Crippen LogP contribution in [0.2, 0.25) is 0 Å². The molecule has 1 aromatic rings. The Morgan fingerprint density at radius 1 is 0.818 bits per heavy atom. The predicted octanol–water partition coefficient (Wildman–Crippen LogP) is 4.90. The molecule has 0 saturated heterocycles. The zero-order chi connectivity index (χ0) is 24.0. The van der Waals surface area contributed by atoms with Gasteiger partial charge in [-0.2, -0.15) is 0 Å². The summed E-state index contributed by atoms with van der Waals surface area (Å²) in [4.78, 5) is 23.4. The van der Waals surface area contributed by atoms with Crippen molar-refractivity contribution in [3.63, 3.8) is 0 Å². The number of aromatic nitrogens is 1. The monoisotopic (exact) mass is 486 g/mol. The highest BCUT2D eigenvalue weighted by atomic mass is 31.2. The molecule has 1 atom stereocenters. The van der Waals surface area contributed by atoms with E-state index in [4.69, 9.17) is 13.8 Å². The Balaban J connectivity index is 1.88. The molecule has 33 heavy (non-hydrogen) atoms. The second-order valence-corrected chi connectivity index (χ2v) is 9.59. The van der Waals surface area contributed by atoms with Crippen LogP contribution in [0.15, 0.2) is 30.6 Å². The van der Waals surface area contributed by atoms with E-state index in [0.29, 0.717) is 13.1 Å². The predicted molar refractivity (Wildman–Crippen MR) is 127 cm³/mol. The number of phosphoric ester groups is 1. The number of ether oxygens (including phenoxy) is 1. The number of amides is 1.